The van der Waals surface area contributed by atoms with Gasteiger partial charge in [-0.3, -0.25) is 28.9 Å². The molecule has 0 saturated carbocycles. The number of carbonyl (C=O) groups excluding carboxylic acids is 5. The molecule has 0 fully saturated rings. The minimum absolute atomic E-state index is 0.0566. The quantitative estimate of drug-likeness (QED) is 0.0316. The molecule has 390 valence electrons. The Morgan fingerprint density at radius 2 is 1.45 bits per heavy atom. The maximum absolute atomic E-state index is 15.3. The smallest absolute Gasteiger partial charge is 0.407 e. The van der Waals surface area contributed by atoms with Crippen molar-refractivity contribution in [3.8, 4) is 11.1 Å². The van der Waals surface area contributed by atoms with Crippen molar-refractivity contribution in [2.75, 3.05) is 77.2 Å². The number of nitrogens with one attached hydrogen (secondary N) is 2. The second-order valence-electron chi connectivity index (χ2n) is 19.9. The van der Waals surface area contributed by atoms with E-state index in [1.165, 1.54) is 39.8 Å². The van der Waals surface area contributed by atoms with E-state index in [9.17, 15) is 38.3 Å². The van der Waals surface area contributed by atoms with Gasteiger partial charge >= 0.3 is 6.09 Å². The Morgan fingerprint density at radius 1 is 0.803 bits per heavy atom. The van der Waals surface area contributed by atoms with Crippen molar-refractivity contribution < 1.29 is 52.1 Å². The number of carboxylic acid groups (broad SMARTS) is 1. The minimum Gasteiger partial charge on any atom is -0.465 e. The van der Waals surface area contributed by atoms with Crippen LogP contribution in [0.25, 0.3) is 11.1 Å². The van der Waals surface area contributed by atoms with Gasteiger partial charge < -0.3 is 39.6 Å². The second kappa shape index (κ2) is 29.2. The lowest BCUT2D eigenvalue weighted by Gasteiger charge is -2.41. The maximum Gasteiger partial charge on any atom is 0.407 e. The number of aromatic nitrogens is 1. The minimum atomic E-state index is -1.55. The van der Waals surface area contributed by atoms with Crippen LogP contribution < -0.4 is 10.6 Å². The van der Waals surface area contributed by atoms with Gasteiger partial charge in [0.15, 0.2) is 0 Å². The molecule has 3 aromatic rings. The van der Waals surface area contributed by atoms with Crippen LogP contribution >= 0.6 is 11.8 Å². The molecule has 2 heterocycles. The van der Waals surface area contributed by atoms with E-state index in [0.717, 1.165) is 35.9 Å². The Labute approximate surface area is 423 Å². The monoisotopic (exact) mass is 1020 g/mol. The molecule has 1 aliphatic heterocycles. The van der Waals surface area contributed by atoms with Crippen molar-refractivity contribution in [2.24, 2.45) is 5.41 Å². The number of ether oxygens (including phenoxy) is 2. The molecule has 6 amide bonds. The fourth-order valence-corrected chi connectivity index (χ4v) is 9.79. The molecule has 1 atom stereocenters. The molecule has 4 rings (SSSR count). The molecular formula is C52H74F2N6O9SSi. The third kappa shape index (κ3) is 20.7. The Balaban J connectivity index is 1.28. The van der Waals surface area contributed by atoms with Crippen LogP contribution in [-0.4, -0.2) is 145 Å². The molecule has 0 bridgehead atoms. The molecule has 2 aromatic carbocycles. The molecule has 0 spiro atoms. The summed E-state index contributed by atoms with van der Waals surface area (Å²) >= 11 is 1.33. The van der Waals surface area contributed by atoms with E-state index in [4.69, 9.17) is 9.47 Å². The van der Waals surface area contributed by atoms with Crippen molar-refractivity contribution in [2.45, 2.75) is 97.6 Å². The summed E-state index contributed by atoms with van der Waals surface area (Å²) < 4.78 is 43.0. The number of thioether (sulfide) groups is 1. The Kier molecular flexibility index (Phi) is 24.0. The first kappa shape index (κ1) is 58.2. The highest BCUT2D eigenvalue weighted by molar-refractivity contribution is 7.99. The second-order valence-corrected chi connectivity index (χ2v) is 26.6. The summed E-state index contributed by atoms with van der Waals surface area (Å²) in [6, 6.07) is 15.1. The number of imide groups is 1. The highest BCUT2D eigenvalue weighted by Gasteiger charge is 2.37. The summed E-state index contributed by atoms with van der Waals surface area (Å²) in [4.78, 5) is 79.3. The highest BCUT2D eigenvalue weighted by atomic mass is 32.2. The zero-order valence-electron chi connectivity index (χ0n) is 42.3. The zero-order valence-corrected chi connectivity index (χ0v) is 44.1. The fraction of sp³-hybridized carbons (Fsp3) is 0.538. The van der Waals surface area contributed by atoms with Gasteiger partial charge in [0.2, 0.25) is 17.7 Å². The lowest BCUT2D eigenvalue weighted by molar-refractivity contribution is -0.137. The fourth-order valence-electron chi connectivity index (χ4n) is 8.03. The number of hydrogen-bond acceptors (Lipinski definition) is 9. The van der Waals surface area contributed by atoms with Gasteiger partial charge in [0, 0.05) is 108 Å². The zero-order chi connectivity index (χ0) is 52.0. The van der Waals surface area contributed by atoms with E-state index in [0.29, 0.717) is 83.0 Å². The van der Waals surface area contributed by atoms with Crippen molar-refractivity contribution in [3.63, 3.8) is 0 Å². The molecule has 0 saturated heterocycles. The molecule has 3 N–H and O–H groups in total. The van der Waals surface area contributed by atoms with Crippen LogP contribution in [0.3, 0.4) is 0 Å². The number of nitrogens with zero attached hydrogens (tertiary/aromatic N) is 4. The third-order valence-electron chi connectivity index (χ3n) is 11.7. The van der Waals surface area contributed by atoms with Gasteiger partial charge in [0.1, 0.15) is 11.6 Å². The average molecular weight is 1030 g/mol. The van der Waals surface area contributed by atoms with Gasteiger partial charge in [-0.1, -0.05) is 77.2 Å². The summed E-state index contributed by atoms with van der Waals surface area (Å²) in [5, 5.41) is 15.7. The van der Waals surface area contributed by atoms with Crippen molar-refractivity contribution >= 4 is 55.5 Å². The van der Waals surface area contributed by atoms with E-state index in [2.05, 4.69) is 30.3 Å². The predicted octanol–water partition coefficient (Wildman–Crippen LogP) is 7.98. The lowest BCUT2D eigenvalue weighted by atomic mass is 9.83. The normalized spacial score (nSPS) is 13.2. The molecule has 1 aliphatic rings. The molecule has 0 aliphatic carbocycles. The largest absolute Gasteiger partial charge is 0.465 e. The average Bonchev–Trinajstić information content (AvgIpc) is 3.86. The van der Waals surface area contributed by atoms with E-state index in [1.54, 1.807) is 11.1 Å². The van der Waals surface area contributed by atoms with E-state index >= 15 is 4.39 Å². The third-order valence-corrected chi connectivity index (χ3v) is 14.4. The van der Waals surface area contributed by atoms with E-state index < -0.39 is 37.3 Å². The number of hydrogen-bond donors (Lipinski definition) is 3. The summed E-state index contributed by atoms with van der Waals surface area (Å²) in [6.45, 7) is 16.1. The number of benzene rings is 2. The first-order chi connectivity index (χ1) is 33.7. The first-order valence-electron chi connectivity index (χ1n) is 24.5. The van der Waals surface area contributed by atoms with Crippen molar-refractivity contribution in [3.05, 3.63) is 95.8 Å². The van der Waals surface area contributed by atoms with Gasteiger partial charge in [0.25, 0.3) is 11.8 Å². The van der Waals surface area contributed by atoms with Gasteiger partial charge in [-0.05, 0) is 60.6 Å². The summed E-state index contributed by atoms with van der Waals surface area (Å²) in [7, 11) is -1.55. The number of halogens is 2. The standard InChI is InChI=1S/C52H74F2N6O9SSi/c1-52(2,3)50(44-34-40(42-35-41(53)17-18-43(42)54)37-58(44)36-39-14-9-7-10-15-39)60(26-13-24-57(51(66)67)27-33-71(4,5)6)49(65)38-70-32-21-46(62)56-23-29-69-31-30-68-28-22-55-45(61)16-11-8-12-25-59-47(63)19-20-48(59)64/h7,9-10,14-15,17-20,34-35,37,50H,8,11-13,16,21-33,36,38H2,1-6H3,(H,55,61)(H,56,62)(H,66,67)/t50-/m0/s1. The van der Waals surface area contributed by atoms with Gasteiger partial charge in [-0.15, -0.1) is 0 Å². The van der Waals surface area contributed by atoms with Crippen LogP contribution in [0.5, 0.6) is 0 Å². The first-order valence-corrected chi connectivity index (χ1v) is 29.4. The highest BCUT2D eigenvalue weighted by Crippen LogP contribution is 2.41. The summed E-state index contributed by atoms with van der Waals surface area (Å²) in [5.74, 6) is -1.81. The Morgan fingerprint density at radius 3 is 2.07 bits per heavy atom. The Bertz CT molecular complexity index is 2230. The van der Waals surface area contributed by atoms with E-state index in [-0.39, 0.29) is 73.5 Å². The molecule has 1 aromatic heterocycles. The molecule has 0 unspecified atom stereocenters. The molecule has 15 nitrogen and oxygen atoms in total. The number of unbranched alkanes of at least 4 members (excludes halogenated alkanes) is 2. The van der Waals surface area contributed by atoms with Crippen LogP contribution in [0.4, 0.5) is 13.6 Å². The van der Waals surface area contributed by atoms with Crippen LogP contribution in [0, 0.1) is 17.0 Å². The van der Waals surface area contributed by atoms with Gasteiger partial charge in [-0.25, -0.2) is 13.6 Å². The van der Waals surface area contributed by atoms with E-state index in [1.807, 2.05) is 61.7 Å². The number of amides is 6. The molecule has 0 radical (unpaired) electrons. The van der Waals surface area contributed by atoms with Crippen molar-refractivity contribution in [1.29, 1.82) is 0 Å². The number of rotatable bonds is 32. The van der Waals surface area contributed by atoms with Crippen LogP contribution in [0.2, 0.25) is 25.7 Å². The Hall–Kier alpha value is -5.37. The van der Waals surface area contributed by atoms with Crippen LogP contribution in [0.1, 0.15) is 76.6 Å². The topological polar surface area (TPSA) is 180 Å². The van der Waals surface area contributed by atoms with Gasteiger partial charge in [0.05, 0.1) is 38.2 Å². The summed E-state index contributed by atoms with van der Waals surface area (Å²) in [5.41, 5.74) is 1.67. The van der Waals surface area contributed by atoms with Crippen LogP contribution in [-0.2, 0) is 40.0 Å². The maximum atomic E-state index is 15.3. The number of carbonyl (C=O) groups is 6. The SMILES string of the molecule is CC(C)(C)[C@H](c1cc(-c2cc(F)ccc2F)cn1Cc1ccccc1)N(CCCN(CC[Si](C)(C)C)C(=O)O)C(=O)CSCCC(=O)NCCOCCOCCNC(=O)CCCCCN1C(=O)C=CC1=O. The summed E-state index contributed by atoms with van der Waals surface area (Å²) in [6.07, 6.45) is 6.19. The molecule has 71 heavy (non-hydrogen) atoms. The lowest BCUT2D eigenvalue weighted by Crippen LogP contribution is -2.44. The van der Waals surface area contributed by atoms with Gasteiger partial charge in [-0.2, -0.15) is 11.8 Å². The van der Waals surface area contributed by atoms with Crippen LogP contribution in [0.15, 0.2) is 72.9 Å². The van der Waals surface area contributed by atoms with Crippen molar-refractivity contribution in [1.82, 2.24) is 29.9 Å². The molecular weight excluding hydrogens is 951 g/mol. The predicted molar refractivity (Wildman–Crippen MR) is 276 cm³/mol. The molecule has 19 heteroatoms.